The molecule has 3 aliphatic rings. The number of aliphatic hydroxyl groups excluding tert-OH is 1. The third-order valence-corrected chi connectivity index (χ3v) is 5.70. The summed E-state index contributed by atoms with van der Waals surface area (Å²) in [7, 11) is 0. The Morgan fingerprint density at radius 1 is 1.22 bits per heavy atom. The van der Waals surface area contributed by atoms with Gasteiger partial charge in [-0.15, -0.1) is 0 Å². The lowest BCUT2D eigenvalue weighted by Crippen LogP contribution is -2.50. The van der Waals surface area contributed by atoms with Gasteiger partial charge in [0.15, 0.2) is 0 Å². The molecule has 0 radical (unpaired) electrons. The third-order valence-electron chi connectivity index (χ3n) is 5.70. The fraction of sp³-hybridized carbons (Fsp3) is 1.00. The van der Waals surface area contributed by atoms with E-state index < -0.39 is 0 Å². The molecule has 1 N–H and O–H groups in total. The number of rotatable bonds is 3. The van der Waals surface area contributed by atoms with Crippen LogP contribution in [0.3, 0.4) is 0 Å². The molecule has 0 aromatic heterocycles. The lowest BCUT2D eigenvalue weighted by atomic mass is 9.78. The van der Waals surface area contributed by atoms with E-state index in [2.05, 4.69) is 11.8 Å². The maximum atomic E-state index is 10.0. The highest BCUT2D eigenvalue weighted by Gasteiger charge is 2.47. The van der Waals surface area contributed by atoms with E-state index in [-0.39, 0.29) is 6.10 Å². The average Bonchev–Trinajstić information content (AvgIpc) is 3.11. The van der Waals surface area contributed by atoms with Crippen molar-refractivity contribution in [1.29, 1.82) is 0 Å². The van der Waals surface area contributed by atoms with Crippen LogP contribution < -0.4 is 0 Å². The third kappa shape index (κ3) is 2.60. The van der Waals surface area contributed by atoms with Crippen LogP contribution in [0.15, 0.2) is 0 Å². The van der Waals surface area contributed by atoms with E-state index in [0.29, 0.717) is 6.04 Å². The Labute approximate surface area is 112 Å². The second-order valence-electron chi connectivity index (χ2n) is 7.16. The van der Waals surface area contributed by atoms with E-state index >= 15 is 0 Å². The fourth-order valence-electron chi connectivity index (χ4n) is 4.46. The van der Waals surface area contributed by atoms with Gasteiger partial charge in [0.25, 0.3) is 0 Å². The predicted octanol–water partition coefficient (Wildman–Crippen LogP) is 3.19. The molecule has 1 saturated heterocycles. The molecule has 3 atom stereocenters. The highest BCUT2D eigenvalue weighted by atomic mass is 16.3. The number of nitrogens with zero attached hydrogens (tertiary/aromatic N) is 1. The maximum absolute atomic E-state index is 10.0. The van der Waals surface area contributed by atoms with Crippen LogP contribution in [0.4, 0.5) is 0 Å². The highest BCUT2D eigenvalue weighted by Crippen LogP contribution is 2.53. The van der Waals surface area contributed by atoms with Gasteiger partial charge in [0.05, 0.1) is 6.10 Å². The van der Waals surface area contributed by atoms with Crippen LogP contribution in [0.2, 0.25) is 0 Å². The van der Waals surface area contributed by atoms with Crippen molar-refractivity contribution in [1.82, 2.24) is 4.90 Å². The minimum absolute atomic E-state index is 0.0276. The maximum Gasteiger partial charge on any atom is 0.0555 e. The van der Waals surface area contributed by atoms with Crippen LogP contribution in [-0.4, -0.2) is 35.2 Å². The zero-order chi connectivity index (χ0) is 12.6. The van der Waals surface area contributed by atoms with Crippen LogP contribution >= 0.6 is 0 Å². The average molecular weight is 251 g/mol. The van der Waals surface area contributed by atoms with Gasteiger partial charge in [0.2, 0.25) is 0 Å². The molecule has 2 aliphatic carbocycles. The minimum Gasteiger partial charge on any atom is -0.393 e. The molecule has 1 spiro atoms. The molecule has 0 amide bonds. The number of aliphatic hydroxyl groups is 1. The van der Waals surface area contributed by atoms with Crippen LogP contribution in [-0.2, 0) is 0 Å². The Balaban J connectivity index is 1.66. The monoisotopic (exact) mass is 251 g/mol. The smallest absolute Gasteiger partial charge is 0.0555 e. The molecule has 0 bridgehead atoms. The predicted molar refractivity (Wildman–Crippen MR) is 74.5 cm³/mol. The quantitative estimate of drug-likeness (QED) is 0.832. The Kier molecular flexibility index (Phi) is 3.68. The van der Waals surface area contributed by atoms with Gasteiger partial charge in [-0.2, -0.15) is 0 Å². The summed E-state index contributed by atoms with van der Waals surface area (Å²) in [5.41, 5.74) is 0.720. The van der Waals surface area contributed by atoms with Gasteiger partial charge in [0.1, 0.15) is 0 Å². The molecule has 0 aromatic carbocycles. The summed E-state index contributed by atoms with van der Waals surface area (Å²) in [4.78, 5) is 2.76. The Hall–Kier alpha value is -0.0800. The molecule has 1 heterocycles. The largest absolute Gasteiger partial charge is 0.393 e. The van der Waals surface area contributed by atoms with E-state index in [1.165, 1.54) is 58.0 Å². The van der Waals surface area contributed by atoms with Gasteiger partial charge in [-0.3, -0.25) is 4.90 Å². The first-order valence-electron chi connectivity index (χ1n) is 8.14. The van der Waals surface area contributed by atoms with E-state index in [1.54, 1.807) is 0 Å². The molecule has 1 aliphatic heterocycles. The van der Waals surface area contributed by atoms with E-state index in [4.69, 9.17) is 0 Å². The topological polar surface area (TPSA) is 23.5 Å². The first-order valence-corrected chi connectivity index (χ1v) is 8.14. The molecular formula is C16H29NO. The summed E-state index contributed by atoms with van der Waals surface area (Å²) < 4.78 is 0. The second-order valence-corrected chi connectivity index (χ2v) is 7.16. The lowest BCUT2D eigenvalue weighted by Gasteiger charge is -2.45. The van der Waals surface area contributed by atoms with E-state index in [9.17, 15) is 5.11 Å². The fourth-order valence-corrected chi connectivity index (χ4v) is 4.46. The number of piperidine rings is 1. The Morgan fingerprint density at radius 3 is 2.78 bits per heavy atom. The highest BCUT2D eigenvalue weighted by molar-refractivity contribution is 5.00. The molecule has 3 fully saturated rings. The summed E-state index contributed by atoms with van der Waals surface area (Å²) >= 11 is 0. The van der Waals surface area contributed by atoms with E-state index in [1.807, 2.05) is 0 Å². The Morgan fingerprint density at radius 2 is 2.06 bits per heavy atom. The lowest BCUT2D eigenvalue weighted by molar-refractivity contribution is 0.00164. The van der Waals surface area contributed by atoms with Crippen molar-refractivity contribution in [3.63, 3.8) is 0 Å². The van der Waals surface area contributed by atoms with E-state index in [0.717, 1.165) is 24.2 Å². The van der Waals surface area contributed by atoms with Gasteiger partial charge in [-0.05, 0) is 69.2 Å². The molecule has 18 heavy (non-hydrogen) atoms. The number of hydrogen-bond acceptors (Lipinski definition) is 2. The SMILES string of the molecule is CCCC1CCC(O)CC1N1CCCC2(CC2)C1. The molecule has 2 nitrogen and oxygen atoms in total. The summed E-state index contributed by atoms with van der Waals surface area (Å²) in [6.45, 7) is 4.94. The van der Waals surface area contributed by atoms with Gasteiger partial charge >= 0.3 is 0 Å². The minimum atomic E-state index is -0.0276. The summed E-state index contributed by atoms with van der Waals surface area (Å²) in [5.74, 6) is 0.854. The van der Waals surface area contributed by atoms with Crippen molar-refractivity contribution >= 4 is 0 Å². The summed E-state index contributed by atoms with van der Waals surface area (Å²) in [6, 6.07) is 0.687. The van der Waals surface area contributed by atoms with Crippen molar-refractivity contribution in [3.8, 4) is 0 Å². The van der Waals surface area contributed by atoms with Crippen LogP contribution in [0.1, 0.15) is 64.7 Å². The first kappa shape index (κ1) is 12.9. The Bertz CT molecular complexity index is 287. The van der Waals surface area contributed by atoms with Gasteiger partial charge in [-0.25, -0.2) is 0 Å². The van der Waals surface area contributed by atoms with Gasteiger partial charge < -0.3 is 5.11 Å². The molecular weight excluding hydrogens is 222 g/mol. The zero-order valence-electron chi connectivity index (χ0n) is 11.9. The summed E-state index contributed by atoms with van der Waals surface area (Å²) in [5, 5.41) is 10.0. The van der Waals surface area contributed by atoms with Crippen LogP contribution in [0, 0.1) is 11.3 Å². The van der Waals surface area contributed by atoms with Crippen molar-refractivity contribution < 1.29 is 5.11 Å². The van der Waals surface area contributed by atoms with Crippen molar-refractivity contribution in [2.24, 2.45) is 11.3 Å². The van der Waals surface area contributed by atoms with Crippen molar-refractivity contribution in [2.75, 3.05) is 13.1 Å². The zero-order valence-corrected chi connectivity index (χ0v) is 11.9. The van der Waals surface area contributed by atoms with Crippen molar-refractivity contribution in [2.45, 2.75) is 76.9 Å². The number of hydrogen-bond donors (Lipinski definition) is 1. The molecule has 3 unspecified atom stereocenters. The molecule has 0 aromatic rings. The molecule has 2 heteroatoms. The molecule has 104 valence electrons. The summed E-state index contributed by atoms with van der Waals surface area (Å²) in [6.07, 6.45) is 11.8. The van der Waals surface area contributed by atoms with Crippen LogP contribution in [0.25, 0.3) is 0 Å². The van der Waals surface area contributed by atoms with Crippen molar-refractivity contribution in [3.05, 3.63) is 0 Å². The number of likely N-dealkylation sites (tertiary alicyclic amines) is 1. The van der Waals surface area contributed by atoms with Crippen LogP contribution in [0.5, 0.6) is 0 Å². The standard InChI is InChI=1S/C16H29NO/c1-2-4-13-5-6-14(18)11-15(13)17-10-3-7-16(12-17)8-9-16/h13-15,18H,2-12H2,1H3. The second kappa shape index (κ2) is 5.13. The van der Waals surface area contributed by atoms with Gasteiger partial charge in [0, 0.05) is 12.6 Å². The van der Waals surface area contributed by atoms with Gasteiger partial charge in [-0.1, -0.05) is 13.3 Å². The molecule has 3 rings (SSSR count). The normalized spacial score (nSPS) is 40.0. The molecule has 2 saturated carbocycles. The first-order chi connectivity index (χ1) is 8.72.